The fraction of sp³-hybridized carbons (Fsp3) is 0.385. The second-order valence-electron chi connectivity index (χ2n) is 4.17. The summed E-state index contributed by atoms with van der Waals surface area (Å²) in [5.74, 6) is -0.277. The van der Waals surface area contributed by atoms with Gasteiger partial charge in [-0.1, -0.05) is 11.6 Å². The summed E-state index contributed by atoms with van der Waals surface area (Å²) in [6.45, 7) is 0.784. The molecule has 0 saturated heterocycles. The average molecular weight is 220 g/mol. The van der Waals surface area contributed by atoms with Crippen LogP contribution in [0.5, 0.6) is 0 Å². The first-order valence-corrected chi connectivity index (χ1v) is 5.72. The predicted molar refractivity (Wildman–Crippen MR) is 65.9 cm³/mol. The van der Waals surface area contributed by atoms with E-state index in [0.29, 0.717) is 11.4 Å². The van der Waals surface area contributed by atoms with Crippen LogP contribution in [0.4, 0.5) is 15.8 Å². The zero-order chi connectivity index (χ0) is 11.4. The van der Waals surface area contributed by atoms with Crippen LogP contribution >= 0.6 is 0 Å². The van der Waals surface area contributed by atoms with E-state index < -0.39 is 0 Å². The molecule has 0 unspecified atom stereocenters. The van der Waals surface area contributed by atoms with Crippen LogP contribution in [0.3, 0.4) is 0 Å². The van der Waals surface area contributed by atoms with Gasteiger partial charge in [-0.3, -0.25) is 0 Å². The van der Waals surface area contributed by atoms with Crippen molar-refractivity contribution in [3.8, 4) is 0 Å². The second kappa shape index (κ2) is 5.01. The summed E-state index contributed by atoms with van der Waals surface area (Å²) in [5, 5.41) is 3.10. The third-order valence-corrected chi connectivity index (χ3v) is 2.89. The summed E-state index contributed by atoms with van der Waals surface area (Å²) in [4.78, 5) is 0. The Balaban J connectivity index is 1.84. The fourth-order valence-corrected chi connectivity index (χ4v) is 2.00. The summed E-state index contributed by atoms with van der Waals surface area (Å²) in [6, 6.07) is 4.74. The number of nitrogens with two attached hydrogens (primary N) is 1. The standard InChI is InChI=1S/C13H17FN2/c14-12-9-11(15)5-6-13(12)16-8-7-10-3-1-2-4-10/h3,5-6,9,16H,1-2,4,7-8,15H2. The van der Waals surface area contributed by atoms with E-state index in [0.717, 1.165) is 13.0 Å². The van der Waals surface area contributed by atoms with E-state index in [-0.39, 0.29) is 5.82 Å². The maximum atomic E-state index is 13.4. The van der Waals surface area contributed by atoms with Gasteiger partial charge in [0, 0.05) is 12.2 Å². The van der Waals surface area contributed by atoms with Gasteiger partial charge in [0.05, 0.1) is 5.69 Å². The Bertz CT molecular complexity index is 399. The van der Waals surface area contributed by atoms with Crippen molar-refractivity contribution in [2.24, 2.45) is 0 Å². The summed E-state index contributed by atoms with van der Waals surface area (Å²) >= 11 is 0. The van der Waals surface area contributed by atoms with E-state index in [9.17, 15) is 4.39 Å². The van der Waals surface area contributed by atoms with Crippen LogP contribution in [0, 0.1) is 5.82 Å². The zero-order valence-electron chi connectivity index (χ0n) is 9.30. The highest BCUT2D eigenvalue weighted by Gasteiger charge is 2.05. The topological polar surface area (TPSA) is 38.0 Å². The number of benzene rings is 1. The Kier molecular flexibility index (Phi) is 3.44. The van der Waals surface area contributed by atoms with Crippen LogP contribution < -0.4 is 11.1 Å². The van der Waals surface area contributed by atoms with Gasteiger partial charge in [0.25, 0.3) is 0 Å². The predicted octanol–water partition coefficient (Wildman–Crippen LogP) is 3.32. The van der Waals surface area contributed by atoms with Crippen LogP contribution in [-0.2, 0) is 0 Å². The first-order valence-electron chi connectivity index (χ1n) is 5.72. The van der Waals surface area contributed by atoms with Gasteiger partial charge >= 0.3 is 0 Å². The Labute approximate surface area is 95.3 Å². The van der Waals surface area contributed by atoms with Gasteiger partial charge in [0.15, 0.2) is 0 Å². The molecule has 0 bridgehead atoms. The summed E-state index contributed by atoms with van der Waals surface area (Å²) in [7, 11) is 0. The van der Waals surface area contributed by atoms with Crippen LogP contribution in [0.15, 0.2) is 29.8 Å². The maximum absolute atomic E-state index is 13.4. The molecule has 3 heteroatoms. The molecule has 86 valence electrons. The summed E-state index contributed by atoms with van der Waals surface area (Å²) in [5.41, 5.74) is 7.96. The van der Waals surface area contributed by atoms with Gasteiger partial charge in [0.2, 0.25) is 0 Å². The first kappa shape index (κ1) is 11.0. The molecule has 0 aromatic heterocycles. The Hall–Kier alpha value is -1.51. The molecule has 0 amide bonds. The smallest absolute Gasteiger partial charge is 0.148 e. The number of nitrogens with one attached hydrogen (secondary N) is 1. The molecule has 0 saturated carbocycles. The number of rotatable bonds is 4. The van der Waals surface area contributed by atoms with E-state index >= 15 is 0 Å². The van der Waals surface area contributed by atoms with Crippen molar-refractivity contribution < 1.29 is 4.39 Å². The molecule has 0 fully saturated rings. The van der Waals surface area contributed by atoms with Gasteiger partial charge in [-0.25, -0.2) is 4.39 Å². The Morgan fingerprint density at radius 3 is 2.94 bits per heavy atom. The lowest BCUT2D eigenvalue weighted by Gasteiger charge is -2.08. The average Bonchev–Trinajstić information content (AvgIpc) is 2.74. The quantitative estimate of drug-likeness (QED) is 0.603. The molecule has 1 aromatic rings. The lowest BCUT2D eigenvalue weighted by atomic mass is 10.1. The molecule has 1 aliphatic rings. The number of anilines is 2. The van der Waals surface area contributed by atoms with Gasteiger partial charge in [-0.05, 0) is 43.9 Å². The van der Waals surface area contributed by atoms with E-state index in [1.54, 1.807) is 12.1 Å². The van der Waals surface area contributed by atoms with Crippen molar-refractivity contribution in [2.45, 2.75) is 25.7 Å². The minimum absolute atomic E-state index is 0.277. The SMILES string of the molecule is Nc1ccc(NCCC2=CCCC2)c(F)c1. The molecule has 3 N–H and O–H groups in total. The number of nitrogen functional groups attached to an aromatic ring is 1. The second-order valence-corrected chi connectivity index (χ2v) is 4.17. The normalized spacial score (nSPS) is 14.9. The monoisotopic (exact) mass is 220 g/mol. The molecule has 0 radical (unpaired) electrons. The minimum atomic E-state index is -0.277. The third-order valence-electron chi connectivity index (χ3n) is 2.89. The van der Waals surface area contributed by atoms with Crippen molar-refractivity contribution in [1.82, 2.24) is 0 Å². The zero-order valence-corrected chi connectivity index (χ0v) is 9.30. The maximum Gasteiger partial charge on any atom is 0.148 e. The van der Waals surface area contributed by atoms with Crippen LogP contribution in [0.2, 0.25) is 0 Å². The highest BCUT2D eigenvalue weighted by atomic mass is 19.1. The Morgan fingerprint density at radius 1 is 1.38 bits per heavy atom. The van der Waals surface area contributed by atoms with Crippen molar-refractivity contribution >= 4 is 11.4 Å². The molecule has 0 aliphatic heterocycles. The highest BCUT2D eigenvalue weighted by molar-refractivity contribution is 5.52. The number of halogens is 1. The Morgan fingerprint density at radius 2 is 2.25 bits per heavy atom. The van der Waals surface area contributed by atoms with E-state index in [4.69, 9.17) is 5.73 Å². The highest BCUT2D eigenvalue weighted by Crippen LogP contribution is 2.21. The van der Waals surface area contributed by atoms with E-state index in [1.165, 1.54) is 30.9 Å². The molecule has 0 spiro atoms. The molecular formula is C13H17FN2. The molecule has 1 aliphatic carbocycles. The largest absolute Gasteiger partial charge is 0.399 e. The number of allylic oxidation sites excluding steroid dienone is 1. The van der Waals surface area contributed by atoms with Crippen molar-refractivity contribution in [1.29, 1.82) is 0 Å². The first-order chi connectivity index (χ1) is 7.75. The summed E-state index contributed by atoms with van der Waals surface area (Å²) < 4.78 is 13.4. The lowest BCUT2D eigenvalue weighted by Crippen LogP contribution is -2.04. The number of hydrogen-bond donors (Lipinski definition) is 2. The lowest BCUT2D eigenvalue weighted by molar-refractivity contribution is 0.630. The molecular weight excluding hydrogens is 203 g/mol. The molecule has 16 heavy (non-hydrogen) atoms. The van der Waals surface area contributed by atoms with Crippen LogP contribution in [0.1, 0.15) is 25.7 Å². The molecule has 0 heterocycles. The molecule has 2 rings (SSSR count). The van der Waals surface area contributed by atoms with Gasteiger partial charge in [-0.15, -0.1) is 0 Å². The van der Waals surface area contributed by atoms with Crippen molar-refractivity contribution in [3.05, 3.63) is 35.7 Å². The molecule has 1 aromatic carbocycles. The van der Waals surface area contributed by atoms with Gasteiger partial charge in [0.1, 0.15) is 5.82 Å². The van der Waals surface area contributed by atoms with Gasteiger partial charge in [-0.2, -0.15) is 0 Å². The van der Waals surface area contributed by atoms with Crippen LogP contribution in [-0.4, -0.2) is 6.54 Å². The van der Waals surface area contributed by atoms with Crippen molar-refractivity contribution in [3.63, 3.8) is 0 Å². The van der Waals surface area contributed by atoms with Crippen LogP contribution in [0.25, 0.3) is 0 Å². The summed E-state index contributed by atoms with van der Waals surface area (Å²) in [6.07, 6.45) is 6.97. The third kappa shape index (κ3) is 2.75. The van der Waals surface area contributed by atoms with Crippen molar-refractivity contribution in [2.75, 3.05) is 17.6 Å². The van der Waals surface area contributed by atoms with E-state index in [1.807, 2.05) is 0 Å². The number of hydrogen-bond acceptors (Lipinski definition) is 2. The minimum Gasteiger partial charge on any atom is -0.399 e. The molecule has 2 nitrogen and oxygen atoms in total. The van der Waals surface area contributed by atoms with Gasteiger partial charge < -0.3 is 11.1 Å². The molecule has 0 atom stereocenters. The van der Waals surface area contributed by atoms with E-state index in [2.05, 4.69) is 11.4 Å². The fourth-order valence-electron chi connectivity index (χ4n) is 2.00.